The third kappa shape index (κ3) is 3.45. The number of nitrogens with zero attached hydrogens (tertiary/aromatic N) is 2. The largest absolute Gasteiger partial charge is 0.374 e. The molecule has 0 saturated carbocycles. The number of para-hydroxylation sites is 1. The van der Waals surface area contributed by atoms with Crippen LogP contribution in [0.3, 0.4) is 0 Å². The quantitative estimate of drug-likeness (QED) is 0.876. The maximum Gasteiger partial charge on any atom is 0.122 e. The van der Waals surface area contributed by atoms with Gasteiger partial charge in [0.1, 0.15) is 5.82 Å². The number of hydrogen-bond donors (Lipinski definition) is 2. The highest BCUT2D eigenvalue weighted by Crippen LogP contribution is 2.16. The van der Waals surface area contributed by atoms with Gasteiger partial charge in [-0.1, -0.05) is 18.2 Å². The minimum atomic E-state index is 1.06. The van der Waals surface area contributed by atoms with E-state index < -0.39 is 0 Å². The van der Waals surface area contributed by atoms with Gasteiger partial charge in [-0.25, -0.2) is 0 Å². The van der Waals surface area contributed by atoms with Gasteiger partial charge in [0.25, 0.3) is 0 Å². The summed E-state index contributed by atoms with van der Waals surface area (Å²) in [5.74, 6) is 1.24. The maximum atomic E-state index is 3.59. The van der Waals surface area contributed by atoms with Crippen molar-refractivity contribution >= 4 is 5.69 Å². The SMILES string of the molecule is C(=C(\Nc1ccccc1)N1CCNCC1)/N1CCCC1. The summed E-state index contributed by atoms with van der Waals surface area (Å²) in [5.41, 5.74) is 1.16. The molecule has 2 aliphatic rings. The average Bonchev–Trinajstić information content (AvgIpc) is 3.02. The van der Waals surface area contributed by atoms with Crippen LogP contribution in [0.2, 0.25) is 0 Å². The average molecular weight is 272 g/mol. The van der Waals surface area contributed by atoms with Gasteiger partial charge in [0.15, 0.2) is 0 Å². The fraction of sp³-hybridized carbons (Fsp3) is 0.500. The third-order valence-corrected chi connectivity index (χ3v) is 3.95. The molecule has 4 heteroatoms. The molecular formula is C16H24N4. The number of anilines is 1. The van der Waals surface area contributed by atoms with E-state index in [4.69, 9.17) is 0 Å². The number of likely N-dealkylation sites (tertiary alicyclic amines) is 1. The van der Waals surface area contributed by atoms with E-state index in [0.717, 1.165) is 31.9 Å². The van der Waals surface area contributed by atoms with Crippen LogP contribution in [0.15, 0.2) is 42.4 Å². The van der Waals surface area contributed by atoms with E-state index in [1.54, 1.807) is 0 Å². The zero-order chi connectivity index (χ0) is 13.6. The van der Waals surface area contributed by atoms with Crippen LogP contribution < -0.4 is 10.6 Å². The van der Waals surface area contributed by atoms with E-state index in [1.165, 1.54) is 31.8 Å². The lowest BCUT2D eigenvalue weighted by atomic mass is 10.3. The smallest absolute Gasteiger partial charge is 0.122 e. The van der Waals surface area contributed by atoms with Crippen molar-refractivity contribution in [3.8, 4) is 0 Å². The van der Waals surface area contributed by atoms with Crippen molar-refractivity contribution in [2.75, 3.05) is 44.6 Å². The van der Waals surface area contributed by atoms with Gasteiger partial charge in [-0.05, 0) is 25.0 Å². The number of hydrogen-bond acceptors (Lipinski definition) is 4. The van der Waals surface area contributed by atoms with Gasteiger partial charge in [0, 0.05) is 51.2 Å². The first-order valence-corrected chi connectivity index (χ1v) is 7.65. The van der Waals surface area contributed by atoms with Crippen molar-refractivity contribution in [3.63, 3.8) is 0 Å². The summed E-state index contributed by atoms with van der Waals surface area (Å²) < 4.78 is 0. The van der Waals surface area contributed by atoms with Gasteiger partial charge in [-0.3, -0.25) is 0 Å². The molecule has 108 valence electrons. The van der Waals surface area contributed by atoms with Gasteiger partial charge >= 0.3 is 0 Å². The van der Waals surface area contributed by atoms with Crippen LogP contribution in [0, 0.1) is 0 Å². The first kappa shape index (κ1) is 13.3. The number of benzene rings is 1. The van der Waals surface area contributed by atoms with Crippen molar-refractivity contribution < 1.29 is 0 Å². The predicted molar refractivity (Wildman–Crippen MR) is 83.4 cm³/mol. The Kier molecular flexibility index (Phi) is 4.43. The van der Waals surface area contributed by atoms with Crippen molar-refractivity contribution in [2.45, 2.75) is 12.8 Å². The van der Waals surface area contributed by atoms with Crippen LogP contribution in [0.25, 0.3) is 0 Å². The van der Waals surface area contributed by atoms with E-state index in [9.17, 15) is 0 Å². The van der Waals surface area contributed by atoms with Gasteiger partial charge < -0.3 is 20.4 Å². The Morgan fingerprint density at radius 2 is 1.70 bits per heavy atom. The van der Waals surface area contributed by atoms with Crippen LogP contribution in [0.4, 0.5) is 5.69 Å². The second-order valence-corrected chi connectivity index (χ2v) is 5.49. The summed E-state index contributed by atoms with van der Waals surface area (Å²) in [7, 11) is 0. The lowest BCUT2D eigenvalue weighted by Crippen LogP contribution is -2.44. The fourth-order valence-electron chi connectivity index (χ4n) is 2.81. The molecule has 2 heterocycles. The molecule has 3 rings (SSSR count). The lowest BCUT2D eigenvalue weighted by molar-refractivity contribution is 0.293. The Labute approximate surface area is 121 Å². The molecule has 4 nitrogen and oxygen atoms in total. The monoisotopic (exact) mass is 272 g/mol. The minimum absolute atomic E-state index is 1.06. The molecule has 0 amide bonds. The minimum Gasteiger partial charge on any atom is -0.374 e. The molecule has 0 unspecified atom stereocenters. The van der Waals surface area contributed by atoms with E-state index in [2.05, 4.69) is 57.0 Å². The van der Waals surface area contributed by atoms with Crippen molar-refractivity contribution in [3.05, 3.63) is 42.4 Å². The molecule has 0 atom stereocenters. The molecule has 0 radical (unpaired) electrons. The van der Waals surface area contributed by atoms with E-state index in [-0.39, 0.29) is 0 Å². The Morgan fingerprint density at radius 1 is 1.00 bits per heavy atom. The van der Waals surface area contributed by atoms with Crippen LogP contribution in [-0.4, -0.2) is 49.1 Å². The number of nitrogens with one attached hydrogen (secondary N) is 2. The molecule has 20 heavy (non-hydrogen) atoms. The molecular weight excluding hydrogens is 248 g/mol. The standard InChI is InChI=1S/C16H24N4/c1-2-6-15(7-3-1)18-16(14-19-10-4-5-11-19)20-12-8-17-9-13-20/h1-3,6-7,14,17-18H,4-5,8-13H2/b16-14-. The molecule has 0 spiro atoms. The Bertz CT molecular complexity index is 431. The van der Waals surface area contributed by atoms with Crippen molar-refractivity contribution in [2.24, 2.45) is 0 Å². The van der Waals surface area contributed by atoms with Gasteiger partial charge in [-0.2, -0.15) is 0 Å². The summed E-state index contributed by atoms with van der Waals surface area (Å²) in [6.07, 6.45) is 4.94. The van der Waals surface area contributed by atoms with E-state index >= 15 is 0 Å². The first-order valence-electron chi connectivity index (χ1n) is 7.65. The molecule has 2 N–H and O–H groups in total. The Hall–Kier alpha value is -1.68. The van der Waals surface area contributed by atoms with E-state index in [0.29, 0.717) is 0 Å². The molecule has 2 fully saturated rings. The molecule has 2 aliphatic heterocycles. The zero-order valence-corrected chi connectivity index (χ0v) is 12.0. The van der Waals surface area contributed by atoms with Gasteiger partial charge in [0.05, 0.1) is 0 Å². The molecule has 0 bridgehead atoms. The molecule has 0 aromatic heterocycles. The van der Waals surface area contributed by atoms with Crippen LogP contribution in [-0.2, 0) is 0 Å². The topological polar surface area (TPSA) is 30.5 Å². The summed E-state index contributed by atoms with van der Waals surface area (Å²) in [4.78, 5) is 4.88. The second kappa shape index (κ2) is 6.66. The molecule has 1 aromatic rings. The summed E-state index contributed by atoms with van der Waals surface area (Å²) in [5, 5.41) is 7.01. The van der Waals surface area contributed by atoms with Crippen LogP contribution in [0.1, 0.15) is 12.8 Å². The summed E-state index contributed by atoms with van der Waals surface area (Å²) in [6, 6.07) is 10.5. The van der Waals surface area contributed by atoms with Gasteiger partial charge in [-0.15, -0.1) is 0 Å². The highest BCUT2D eigenvalue weighted by molar-refractivity contribution is 5.47. The summed E-state index contributed by atoms with van der Waals surface area (Å²) in [6.45, 7) is 6.64. The normalized spacial score (nSPS) is 20.3. The van der Waals surface area contributed by atoms with Crippen LogP contribution >= 0.6 is 0 Å². The Morgan fingerprint density at radius 3 is 2.40 bits per heavy atom. The second-order valence-electron chi connectivity index (χ2n) is 5.49. The number of rotatable bonds is 4. The number of piperazine rings is 1. The Balaban J connectivity index is 1.75. The highest BCUT2D eigenvalue weighted by Gasteiger charge is 2.16. The predicted octanol–water partition coefficient (Wildman–Crippen LogP) is 1.90. The molecule has 1 aromatic carbocycles. The highest BCUT2D eigenvalue weighted by atomic mass is 15.3. The van der Waals surface area contributed by atoms with E-state index in [1.807, 2.05) is 0 Å². The van der Waals surface area contributed by atoms with Crippen molar-refractivity contribution in [1.29, 1.82) is 0 Å². The van der Waals surface area contributed by atoms with Crippen molar-refractivity contribution in [1.82, 2.24) is 15.1 Å². The molecule has 2 saturated heterocycles. The molecule has 0 aliphatic carbocycles. The summed E-state index contributed by atoms with van der Waals surface area (Å²) >= 11 is 0. The fourth-order valence-corrected chi connectivity index (χ4v) is 2.81. The van der Waals surface area contributed by atoms with Gasteiger partial charge in [0.2, 0.25) is 0 Å². The first-order chi connectivity index (χ1) is 9.92. The lowest BCUT2D eigenvalue weighted by Gasteiger charge is -2.33. The zero-order valence-electron chi connectivity index (χ0n) is 12.0. The van der Waals surface area contributed by atoms with Crippen LogP contribution in [0.5, 0.6) is 0 Å². The maximum absolute atomic E-state index is 3.59. The third-order valence-electron chi connectivity index (χ3n) is 3.95.